The van der Waals surface area contributed by atoms with E-state index in [0.29, 0.717) is 6.54 Å². The lowest BCUT2D eigenvalue weighted by atomic mass is 10.1. The summed E-state index contributed by atoms with van der Waals surface area (Å²) in [6.45, 7) is 8.71. The molecule has 1 fully saturated rings. The summed E-state index contributed by atoms with van der Waals surface area (Å²) in [5, 5.41) is 6.63. The molecule has 1 atom stereocenters. The molecular formula is C19H31N3O3. The van der Waals surface area contributed by atoms with Crippen LogP contribution in [0.2, 0.25) is 0 Å². The Labute approximate surface area is 151 Å². The molecule has 1 aromatic carbocycles. The van der Waals surface area contributed by atoms with Crippen LogP contribution in [0.5, 0.6) is 5.75 Å². The molecule has 0 saturated carbocycles. The van der Waals surface area contributed by atoms with Crippen molar-refractivity contribution in [2.75, 3.05) is 40.0 Å². The second-order valence-electron chi connectivity index (χ2n) is 6.19. The second kappa shape index (κ2) is 10.9. The van der Waals surface area contributed by atoms with E-state index in [1.54, 1.807) is 7.11 Å². The summed E-state index contributed by atoms with van der Waals surface area (Å²) >= 11 is 0. The zero-order valence-electron chi connectivity index (χ0n) is 15.6. The molecule has 140 valence electrons. The van der Waals surface area contributed by atoms with Gasteiger partial charge in [0.2, 0.25) is 0 Å². The van der Waals surface area contributed by atoms with E-state index in [4.69, 9.17) is 14.2 Å². The van der Waals surface area contributed by atoms with E-state index in [-0.39, 0.29) is 6.10 Å². The Morgan fingerprint density at radius 2 is 2.20 bits per heavy atom. The third kappa shape index (κ3) is 7.32. The van der Waals surface area contributed by atoms with E-state index < -0.39 is 0 Å². The van der Waals surface area contributed by atoms with Gasteiger partial charge in [-0.25, -0.2) is 4.99 Å². The van der Waals surface area contributed by atoms with Crippen LogP contribution in [0.25, 0.3) is 0 Å². The van der Waals surface area contributed by atoms with Gasteiger partial charge in [0.15, 0.2) is 5.96 Å². The molecule has 1 unspecified atom stereocenters. The Hall–Kier alpha value is -1.79. The van der Waals surface area contributed by atoms with Crippen LogP contribution < -0.4 is 15.4 Å². The lowest BCUT2D eigenvalue weighted by Crippen LogP contribution is -2.38. The molecule has 0 radical (unpaired) electrons. The highest BCUT2D eigenvalue weighted by atomic mass is 16.5. The first kappa shape index (κ1) is 19.5. The lowest BCUT2D eigenvalue weighted by molar-refractivity contribution is 0.0420. The Morgan fingerprint density at radius 1 is 1.32 bits per heavy atom. The third-order valence-corrected chi connectivity index (χ3v) is 3.97. The maximum Gasteiger partial charge on any atom is 0.191 e. The molecule has 25 heavy (non-hydrogen) atoms. The van der Waals surface area contributed by atoms with Gasteiger partial charge >= 0.3 is 0 Å². The normalized spacial score (nSPS) is 17.6. The fourth-order valence-electron chi connectivity index (χ4n) is 2.72. The standard InChI is InChI=1S/C19H31N3O3/c1-4-20-19(21-7-5-8-25-17-6-9-24-14-17)22-13-16-10-15(2)11-18(12-16)23-3/h10-12,17H,4-9,13-14H2,1-3H3,(H2,20,21,22). The van der Waals surface area contributed by atoms with Crippen LogP contribution in [0.4, 0.5) is 0 Å². The first-order chi connectivity index (χ1) is 12.2. The van der Waals surface area contributed by atoms with Crippen molar-refractivity contribution in [3.05, 3.63) is 29.3 Å². The Bertz CT molecular complexity index is 543. The number of nitrogens with one attached hydrogen (secondary N) is 2. The summed E-state index contributed by atoms with van der Waals surface area (Å²) in [6.07, 6.45) is 2.23. The molecule has 0 amide bonds. The number of rotatable bonds is 9. The zero-order valence-corrected chi connectivity index (χ0v) is 15.6. The molecule has 6 heteroatoms. The summed E-state index contributed by atoms with van der Waals surface area (Å²) in [4.78, 5) is 4.65. The SMILES string of the molecule is CCNC(=NCc1cc(C)cc(OC)c1)NCCCOC1CCOC1. The number of benzene rings is 1. The van der Waals surface area contributed by atoms with E-state index in [1.807, 2.05) is 12.1 Å². The van der Waals surface area contributed by atoms with Gasteiger partial charge in [0.25, 0.3) is 0 Å². The second-order valence-corrected chi connectivity index (χ2v) is 6.19. The van der Waals surface area contributed by atoms with Crippen molar-refractivity contribution in [2.45, 2.75) is 39.3 Å². The quantitative estimate of drug-likeness (QED) is 0.407. The number of aliphatic imine (C=N–C) groups is 1. The largest absolute Gasteiger partial charge is 0.497 e. The van der Waals surface area contributed by atoms with E-state index in [1.165, 1.54) is 5.56 Å². The van der Waals surface area contributed by atoms with Crippen molar-refractivity contribution in [3.8, 4) is 5.75 Å². The molecule has 6 nitrogen and oxygen atoms in total. The van der Waals surface area contributed by atoms with Gasteiger partial charge in [0, 0.05) is 26.3 Å². The molecular weight excluding hydrogens is 318 g/mol. The van der Waals surface area contributed by atoms with Crippen LogP contribution in [0.1, 0.15) is 30.9 Å². The first-order valence-electron chi connectivity index (χ1n) is 9.07. The molecule has 0 spiro atoms. The molecule has 1 saturated heterocycles. The van der Waals surface area contributed by atoms with E-state index in [0.717, 1.165) is 63.0 Å². The maximum atomic E-state index is 5.77. The minimum absolute atomic E-state index is 0.276. The average molecular weight is 349 g/mol. The van der Waals surface area contributed by atoms with Gasteiger partial charge in [0.1, 0.15) is 5.75 Å². The van der Waals surface area contributed by atoms with Crippen molar-refractivity contribution in [1.29, 1.82) is 0 Å². The van der Waals surface area contributed by atoms with Crippen molar-refractivity contribution >= 4 is 5.96 Å². The Balaban J connectivity index is 1.76. The highest BCUT2D eigenvalue weighted by Gasteiger charge is 2.15. The predicted octanol–water partition coefficient (Wildman–Crippen LogP) is 2.25. The van der Waals surface area contributed by atoms with Crippen LogP contribution in [0.15, 0.2) is 23.2 Å². The number of nitrogens with zero attached hydrogens (tertiary/aromatic N) is 1. The molecule has 1 heterocycles. The van der Waals surface area contributed by atoms with Crippen LogP contribution in [-0.4, -0.2) is 52.1 Å². The van der Waals surface area contributed by atoms with Crippen LogP contribution >= 0.6 is 0 Å². The number of methoxy groups -OCH3 is 1. The Kier molecular flexibility index (Phi) is 8.55. The minimum atomic E-state index is 0.276. The molecule has 0 bridgehead atoms. The summed E-state index contributed by atoms with van der Waals surface area (Å²) in [5.41, 5.74) is 2.31. The zero-order chi connectivity index (χ0) is 17.9. The average Bonchev–Trinajstić information content (AvgIpc) is 3.12. The molecule has 2 N–H and O–H groups in total. The molecule has 0 aromatic heterocycles. The minimum Gasteiger partial charge on any atom is -0.497 e. The van der Waals surface area contributed by atoms with E-state index >= 15 is 0 Å². The third-order valence-electron chi connectivity index (χ3n) is 3.97. The van der Waals surface area contributed by atoms with Gasteiger partial charge in [-0.3, -0.25) is 0 Å². The van der Waals surface area contributed by atoms with Gasteiger partial charge in [-0.15, -0.1) is 0 Å². The fraction of sp³-hybridized carbons (Fsp3) is 0.632. The van der Waals surface area contributed by atoms with Gasteiger partial charge in [-0.2, -0.15) is 0 Å². The first-order valence-corrected chi connectivity index (χ1v) is 9.07. The van der Waals surface area contributed by atoms with E-state index in [2.05, 4.69) is 35.5 Å². The highest BCUT2D eigenvalue weighted by molar-refractivity contribution is 5.79. The number of aryl methyl sites for hydroxylation is 1. The lowest BCUT2D eigenvalue weighted by Gasteiger charge is -2.13. The number of guanidine groups is 1. The van der Waals surface area contributed by atoms with Gasteiger partial charge in [0.05, 0.1) is 26.4 Å². The van der Waals surface area contributed by atoms with Gasteiger partial charge in [-0.1, -0.05) is 6.07 Å². The van der Waals surface area contributed by atoms with Crippen LogP contribution in [-0.2, 0) is 16.0 Å². The molecule has 1 aromatic rings. The van der Waals surface area contributed by atoms with Crippen molar-refractivity contribution < 1.29 is 14.2 Å². The maximum absolute atomic E-state index is 5.77. The summed E-state index contributed by atoms with van der Waals surface area (Å²) in [6, 6.07) is 6.18. The molecule has 1 aliphatic rings. The monoisotopic (exact) mass is 349 g/mol. The summed E-state index contributed by atoms with van der Waals surface area (Å²) in [5.74, 6) is 1.70. The number of hydrogen-bond acceptors (Lipinski definition) is 4. The highest BCUT2D eigenvalue weighted by Crippen LogP contribution is 2.17. The molecule has 1 aliphatic heterocycles. The summed E-state index contributed by atoms with van der Waals surface area (Å²) in [7, 11) is 1.69. The topological polar surface area (TPSA) is 64.1 Å². The molecule has 2 rings (SSSR count). The smallest absolute Gasteiger partial charge is 0.191 e. The van der Waals surface area contributed by atoms with Crippen molar-refractivity contribution in [2.24, 2.45) is 4.99 Å². The van der Waals surface area contributed by atoms with Gasteiger partial charge < -0.3 is 24.8 Å². The number of ether oxygens (including phenoxy) is 3. The number of hydrogen-bond donors (Lipinski definition) is 2. The Morgan fingerprint density at radius 3 is 2.92 bits per heavy atom. The molecule has 0 aliphatic carbocycles. The fourth-order valence-corrected chi connectivity index (χ4v) is 2.72. The summed E-state index contributed by atoms with van der Waals surface area (Å²) < 4.78 is 16.4. The van der Waals surface area contributed by atoms with Crippen LogP contribution in [0, 0.1) is 6.92 Å². The van der Waals surface area contributed by atoms with Crippen molar-refractivity contribution in [1.82, 2.24) is 10.6 Å². The van der Waals surface area contributed by atoms with E-state index in [9.17, 15) is 0 Å². The van der Waals surface area contributed by atoms with Crippen LogP contribution in [0.3, 0.4) is 0 Å². The predicted molar refractivity (Wildman–Crippen MR) is 100 cm³/mol. The van der Waals surface area contributed by atoms with Gasteiger partial charge in [-0.05, 0) is 49.9 Å². The van der Waals surface area contributed by atoms with Crippen molar-refractivity contribution in [3.63, 3.8) is 0 Å².